The molecule has 0 aliphatic carbocycles. The van der Waals surface area contributed by atoms with E-state index in [1.165, 1.54) is 31.4 Å². The number of nitrogens with zero attached hydrogens (tertiary/aromatic N) is 3. The molecule has 0 bridgehead atoms. The quantitative estimate of drug-likeness (QED) is 0.517. The zero-order valence-electron chi connectivity index (χ0n) is 19.2. The van der Waals surface area contributed by atoms with E-state index in [1.54, 1.807) is 36.3 Å². The van der Waals surface area contributed by atoms with Crippen molar-refractivity contribution in [3.05, 3.63) is 72.2 Å². The van der Waals surface area contributed by atoms with Crippen molar-refractivity contribution in [2.45, 2.75) is 18.3 Å². The van der Waals surface area contributed by atoms with Crippen LogP contribution in [0.2, 0.25) is 0 Å². The van der Waals surface area contributed by atoms with E-state index in [1.807, 2.05) is 6.07 Å². The fourth-order valence-corrected chi connectivity index (χ4v) is 3.22. The van der Waals surface area contributed by atoms with Crippen molar-refractivity contribution in [2.24, 2.45) is 0 Å². The maximum Gasteiger partial charge on any atom is 0.425 e. The minimum Gasteiger partial charge on any atom is -0.487 e. The third kappa shape index (κ3) is 6.14. The molecule has 0 saturated carbocycles. The highest BCUT2D eigenvalue weighted by Crippen LogP contribution is 2.29. The van der Waals surface area contributed by atoms with Gasteiger partial charge in [0.2, 0.25) is 6.10 Å². The Balaban J connectivity index is 1.47. The summed E-state index contributed by atoms with van der Waals surface area (Å²) in [5, 5.41) is 11.6. The Hall–Kier alpha value is -4.63. The van der Waals surface area contributed by atoms with Crippen molar-refractivity contribution in [2.75, 3.05) is 18.6 Å². The molecule has 3 aromatic rings. The van der Waals surface area contributed by atoms with Gasteiger partial charge in [0.25, 0.3) is 11.8 Å². The first-order valence-electron chi connectivity index (χ1n) is 10.8. The highest BCUT2D eigenvalue weighted by molar-refractivity contribution is 6.02. The minimum absolute atomic E-state index is 0.00422. The van der Waals surface area contributed by atoms with E-state index >= 15 is 0 Å². The van der Waals surface area contributed by atoms with Gasteiger partial charge >= 0.3 is 6.18 Å². The molecule has 2 N–H and O–H groups in total. The third-order valence-corrected chi connectivity index (χ3v) is 5.09. The predicted molar refractivity (Wildman–Crippen MR) is 124 cm³/mol. The summed E-state index contributed by atoms with van der Waals surface area (Å²) in [4.78, 5) is 35.0. The van der Waals surface area contributed by atoms with Gasteiger partial charge in [0.05, 0.1) is 0 Å². The van der Waals surface area contributed by atoms with Gasteiger partial charge in [0, 0.05) is 19.3 Å². The van der Waals surface area contributed by atoms with Crippen LogP contribution in [-0.4, -0.2) is 58.9 Å². The number of fused-ring (bicyclic) bond motifs is 1. The van der Waals surface area contributed by atoms with Gasteiger partial charge in [0.1, 0.15) is 35.5 Å². The largest absolute Gasteiger partial charge is 0.487 e. The molecule has 3 heterocycles. The number of hydrogen-bond donors (Lipinski definition) is 2. The molecule has 1 aliphatic heterocycles. The number of para-hydroxylation sites is 1. The predicted octanol–water partition coefficient (Wildman–Crippen LogP) is 2.70. The number of amides is 2. The molecule has 0 fully saturated rings. The standard InChI is InChI=1S/C25H19F3N4O5/c1-32-22-20(9-7-15(30-22)8-10-21(33)25(26,27)28)36-14-19(24(32)35)31-23(34)18-13-17(11-12-29-18)37-16-5-3-2-4-6-16/h2-7,9,11-13,19,21,33H,14H2,1H3,(H,31,34)/t19-,21?/m0/s1. The van der Waals surface area contributed by atoms with Crippen LogP contribution in [0.4, 0.5) is 19.0 Å². The summed E-state index contributed by atoms with van der Waals surface area (Å²) in [6.45, 7) is -0.235. The van der Waals surface area contributed by atoms with Crippen LogP contribution < -0.4 is 19.7 Å². The molecule has 1 aliphatic rings. The van der Waals surface area contributed by atoms with Crippen LogP contribution in [0.25, 0.3) is 0 Å². The van der Waals surface area contributed by atoms with Crippen LogP contribution in [0.1, 0.15) is 16.2 Å². The summed E-state index contributed by atoms with van der Waals surface area (Å²) in [6.07, 6.45) is -6.35. The van der Waals surface area contributed by atoms with E-state index in [0.717, 1.165) is 4.90 Å². The number of carbonyl (C=O) groups excluding carboxylic acids is 2. The number of halogens is 3. The van der Waals surface area contributed by atoms with E-state index in [9.17, 15) is 22.8 Å². The summed E-state index contributed by atoms with van der Waals surface area (Å²) >= 11 is 0. The van der Waals surface area contributed by atoms with Gasteiger partial charge in [-0.15, -0.1) is 0 Å². The summed E-state index contributed by atoms with van der Waals surface area (Å²) in [5.41, 5.74) is -0.114. The van der Waals surface area contributed by atoms with Crippen molar-refractivity contribution >= 4 is 17.6 Å². The number of hydrogen-bond acceptors (Lipinski definition) is 7. The summed E-state index contributed by atoms with van der Waals surface area (Å²) in [6, 6.07) is 13.5. The second-order valence-electron chi connectivity index (χ2n) is 7.76. The molecule has 0 radical (unpaired) electrons. The number of pyridine rings is 2. The number of carbonyl (C=O) groups is 2. The fourth-order valence-electron chi connectivity index (χ4n) is 3.22. The first kappa shape index (κ1) is 25.5. The van der Waals surface area contributed by atoms with E-state index in [-0.39, 0.29) is 29.6 Å². The minimum atomic E-state index is -4.90. The van der Waals surface area contributed by atoms with Crippen molar-refractivity contribution < 1.29 is 37.3 Å². The first-order valence-corrected chi connectivity index (χ1v) is 10.8. The van der Waals surface area contributed by atoms with E-state index in [0.29, 0.717) is 11.5 Å². The molecule has 190 valence electrons. The van der Waals surface area contributed by atoms with Crippen LogP contribution in [0.3, 0.4) is 0 Å². The van der Waals surface area contributed by atoms with Gasteiger partial charge in [-0.2, -0.15) is 13.2 Å². The second kappa shape index (κ2) is 10.5. The van der Waals surface area contributed by atoms with Crippen LogP contribution in [-0.2, 0) is 4.79 Å². The average molecular weight is 512 g/mol. The third-order valence-electron chi connectivity index (χ3n) is 5.09. The van der Waals surface area contributed by atoms with Gasteiger partial charge in [-0.05, 0) is 36.3 Å². The van der Waals surface area contributed by atoms with Gasteiger partial charge in [-0.1, -0.05) is 24.1 Å². The molecular formula is C25H19F3N4O5. The summed E-state index contributed by atoms with van der Waals surface area (Å²) < 4.78 is 48.8. The highest BCUT2D eigenvalue weighted by atomic mass is 19.4. The van der Waals surface area contributed by atoms with Crippen molar-refractivity contribution in [3.8, 4) is 29.1 Å². The molecule has 1 aromatic carbocycles. The topological polar surface area (TPSA) is 114 Å². The lowest BCUT2D eigenvalue weighted by atomic mass is 10.2. The molecule has 2 amide bonds. The van der Waals surface area contributed by atoms with Crippen LogP contribution in [0.15, 0.2) is 60.8 Å². The Kier molecular flexibility index (Phi) is 7.26. The van der Waals surface area contributed by atoms with Crippen molar-refractivity contribution in [3.63, 3.8) is 0 Å². The molecule has 37 heavy (non-hydrogen) atoms. The molecule has 2 atom stereocenters. The fraction of sp³-hybridized carbons (Fsp3) is 0.200. The maximum absolute atomic E-state index is 13.0. The maximum atomic E-state index is 13.0. The number of alkyl halides is 3. The molecule has 4 rings (SSSR count). The number of benzene rings is 1. The lowest BCUT2D eigenvalue weighted by molar-refractivity contribution is -0.184. The number of anilines is 1. The Morgan fingerprint density at radius 2 is 1.97 bits per heavy atom. The van der Waals surface area contributed by atoms with Crippen LogP contribution in [0.5, 0.6) is 17.2 Å². The summed E-state index contributed by atoms with van der Waals surface area (Å²) in [5.74, 6) is 3.64. The number of nitrogens with one attached hydrogen (secondary N) is 1. The lowest BCUT2D eigenvalue weighted by Gasteiger charge is -2.19. The number of aliphatic hydroxyl groups excluding tert-OH is 1. The summed E-state index contributed by atoms with van der Waals surface area (Å²) in [7, 11) is 1.37. The smallest absolute Gasteiger partial charge is 0.425 e. The van der Waals surface area contributed by atoms with Crippen LogP contribution >= 0.6 is 0 Å². The number of ether oxygens (including phenoxy) is 2. The Morgan fingerprint density at radius 1 is 1.22 bits per heavy atom. The second-order valence-corrected chi connectivity index (χ2v) is 7.76. The molecule has 12 heteroatoms. The Morgan fingerprint density at radius 3 is 2.70 bits per heavy atom. The monoisotopic (exact) mass is 512 g/mol. The van der Waals surface area contributed by atoms with Crippen molar-refractivity contribution in [1.82, 2.24) is 15.3 Å². The molecule has 1 unspecified atom stereocenters. The molecule has 0 spiro atoms. The molecular weight excluding hydrogens is 493 g/mol. The number of aliphatic hydroxyl groups is 1. The molecule has 0 saturated heterocycles. The zero-order valence-corrected chi connectivity index (χ0v) is 19.2. The zero-order chi connectivity index (χ0) is 26.6. The van der Waals surface area contributed by atoms with Crippen LogP contribution in [0, 0.1) is 11.8 Å². The number of aromatic nitrogens is 2. The number of likely N-dealkylation sites (N-methyl/N-ethyl adjacent to an activating group) is 1. The molecule has 2 aromatic heterocycles. The van der Waals surface area contributed by atoms with E-state index in [4.69, 9.17) is 14.6 Å². The normalized spacial score (nSPS) is 15.9. The Bertz CT molecular complexity index is 1370. The highest BCUT2D eigenvalue weighted by Gasteiger charge is 2.37. The van der Waals surface area contributed by atoms with Crippen molar-refractivity contribution in [1.29, 1.82) is 0 Å². The SMILES string of the molecule is CN1C(=O)[C@@H](NC(=O)c2cc(Oc3ccccc3)ccn2)COc2ccc(C#CC(O)C(F)(F)F)nc21. The van der Waals surface area contributed by atoms with Gasteiger partial charge in [0.15, 0.2) is 11.6 Å². The lowest BCUT2D eigenvalue weighted by Crippen LogP contribution is -2.49. The Labute approximate surface area is 208 Å². The average Bonchev–Trinajstić information content (AvgIpc) is 2.99. The van der Waals surface area contributed by atoms with E-state index < -0.39 is 30.1 Å². The van der Waals surface area contributed by atoms with Gasteiger partial charge in [-0.3, -0.25) is 19.5 Å². The first-order chi connectivity index (χ1) is 17.6. The number of rotatable bonds is 4. The van der Waals surface area contributed by atoms with Gasteiger partial charge in [-0.25, -0.2) is 4.98 Å². The van der Waals surface area contributed by atoms with Gasteiger partial charge < -0.3 is 19.9 Å². The molecule has 9 nitrogen and oxygen atoms in total. The van der Waals surface area contributed by atoms with E-state index in [2.05, 4.69) is 21.2 Å².